The number of anilines is 1. The van der Waals surface area contributed by atoms with E-state index in [9.17, 15) is 4.79 Å². The van der Waals surface area contributed by atoms with Crippen LogP contribution in [0, 0.1) is 5.92 Å². The molecule has 3 heterocycles. The molecule has 0 bridgehead atoms. The van der Waals surface area contributed by atoms with Crippen LogP contribution in [0.25, 0.3) is 0 Å². The molecule has 0 spiro atoms. The van der Waals surface area contributed by atoms with Crippen LogP contribution >= 0.6 is 23.1 Å². The fraction of sp³-hybridized carbons (Fsp3) is 0.348. The number of amides is 1. The molecule has 3 aromatic rings. The molecular weight excluding hydrogens is 448 g/mol. The molecule has 0 radical (unpaired) electrons. The highest BCUT2D eigenvalue weighted by molar-refractivity contribution is 7.09. The smallest absolute Gasteiger partial charge is 0.231 e. The van der Waals surface area contributed by atoms with Crippen LogP contribution in [0.15, 0.2) is 42.5 Å². The standard InChI is InChI=1S/C23H23ClN4O3S/c24-18-4-1-15(2-5-18)12-21-26-23(32-27-21)28-9-7-17(8-10-28)22(29)25-13-16-3-6-19-20(11-16)31-14-30-19/h1-6,11,17H,7-10,12-14H2,(H,25,29). The van der Waals surface area contributed by atoms with Crippen molar-refractivity contribution in [2.24, 2.45) is 5.92 Å². The average Bonchev–Trinajstić information content (AvgIpc) is 3.48. The minimum Gasteiger partial charge on any atom is -0.454 e. The van der Waals surface area contributed by atoms with Gasteiger partial charge in [0.05, 0.1) is 0 Å². The van der Waals surface area contributed by atoms with Crippen molar-refractivity contribution in [2.45, 2.75) is 25.8 Å². The lowest BCUT2D eigenvalue weighted by Crippen LogP contribution is -2.40. The van der Waals surface area contributed by atoms with Crippen molar-refractivity contribution in [3.8, 4) is 11.5 Å². The van der Waals surface area contributed by atoms with Gasteiger partial charge in [-0.3, -0.25) is 4.79 Å². The molecule has 1 N–H and O–H groups in total. The predicted octanol–water partition coefficient (Wildman–Crippen LogP) is 4.04. The number of ether oxygens (including phenoxy) is 2. The van der Waals surface area contributed by atoms with Gasteiger partial charge in [0.25, 0.3) is 0 Å². The summed E-state index contributed by atoms with van der Waals surface area (Å²) in [6.07, 6.45) is 2.30. The zero-order valence-corrected chi connectivity index (χ0v) is 19.0. The van der Waals surface area contributed by atoms with Gasteiger partial charge in [-0.2, -0.15) is 4.37 Å². The van der Waals surface area contributed by atoms with Gasteiger partial charge in [0.2, 0.25) is 17.8 Å². The van der Waals surface area contributed by atoms with Gasteiger partial charge in [0, 0.05) is 48.5 Å². The molecule has 9 heteroatoms. The van der Waals surface area contributed by atoms with Crippen molar-refractivity contribution in [2.75, 3.05) is 24.8 Å². The summed E-state index contributed by atoms with van der Waals surface area (Å²) >= 11 is 7.37. The van der Waals surface area contributed by atoms with Gasteiger partial charge in [-0.25, -0.2) is 4.98 Å². The van der Waals surface area contributed by atoms with Gasteiger partial charge in [-0.15, -0.1) is 0 Å². The molecule has 1 amide bonds. The molecule has 1 aromatic heterocycles. The number of fused-ring (bicyclic) bond motifs is 1. The van der Waals surface area contributed by atoms with Crippen molar-refractivity contribution in [3.05, 3.63) is 64.4 Å². The number of carbonyl (C=O) groups is 1. The Morgan fingerprint density at radius 3 is 2.66 bits per heavy atom. The number of carbonyl (C=O) groups excluding carboxylic acids is 1. The second kappa shape index (κ2) is 9.34. The first-order valence-corrected chi connectivity index (χ1v) is 11.8. The SMILES string of the molecule is O=C(NCc1ccc2c(c1)OCO2)C1CCN(c2nc(Cc3ccc(Cl)cc3)ns2)CC1. The molecule has 5 rings (SSSR count). The number of hydrogen-bond donors (Lipinski definition) is 1. The minimum absolute atomic E-state index is 0.0155. The second-order valence-electron chi connectivity index (χ2n) is 7.96. The number of benzene rings is 2. The second-order valence-corrected chi connectivity index (χ2v) is 9.13. The number of halogens is 1. The molecule has 1 saturated heterocycles. The zero-order chi connectivity index (χ0) is 21.9. The maximum absolute atomic E-state index is 12.7. The lowest BCUT2D eigenvalue weighted by molar-refractivity contribution is -0.125. The van der Waals surface area contributed by atoms with Crippen molar-refractivity contribution in [1.29, 1.82) is 0 Å². The van der Waals surface area contributed by atoms with Crippen molar-refractivity contribution < 1.29 is 14.3 Å². The zero-order valence-electron chi connectivity index (χ0n) is 17.4. The molecule has 32 heavy (non-hydrogen) atoms. The van der Waals surface area contributed by atoms with E-state index in [1.54, 1.807) is 0 Å². The number of rotatable bonds is 6. The lowest BCUT2D eigenvalue weighted by Gasteiger charge is -2.30. The van der Waals surface area contributed by atoms with E-state index in [2.05, 4.69) is 14.6 Å². The van der Waals surface area contributed by atoms with Crippen molar-refractivity contribution >= 4 is 34.2 Å². The van der Waals surface area contributed by atoms with Gasteiger partial charge >= 0.3 is 0 Å². The highest BCUT2D eigenvalue weighted by atomic mass is 35.5. The third-order valence-corrected chi connectivity index (χ3v) is 6.84. The highest BCUT2D eigenvalue weighted by Gasteiger charge is 2.26. The van der Waals surface area contributed by atoms with E-state index in [1.807, 2.05) is 42.5 Å². The van der Waals surface area contributed by atoms with E-state index >= 15 is 0 Å². The van der Waals surface area contributed by atoms with Crippen LogP contribution in [0.2, 0.25) is 5.02 Å². The Bertz CT molecular complexity index is 1100. The first-order valence-electron chi connectivity index (χ1n) is 10.6. The Kier molecular flexibility index (Phi) is 6.14. The Morgan fingerprint density at radius 1 is 1.09 bits per heavy atom. The third-order valence-electron chi connectivity index (χ3n) is 5.77. The largest absolute Gasteiger partial charge is 0.454 e. The van der Waals surface area contributed by atoms with E-state index in [0.717, 1.165) is 64.5 Å². The fourth-order valence-corrected chi connectivity index (χ4v) is 4.81. The van der Waals surface area contributed by atoms with Crippen LogP contribution < -0.4 is 19.7 Å². The van der Waals surface area contributed by atoms with Gasteiger partial charge in [0.15, 0.2) is 11.5 Å². The quantitative estimate of drug-likeness (QED) is 0.585. The topological polar surface area (TPSA) is 76.6 Å². The van der Waals surface area contributed by atoms with Gasteiger partial charge in [-0.05, 0) is 48.2 Å². The molecule has 0 unspecified atom stereocenters. The Balaban J connectivity index is 1.10. The first-order chi connectivity index (χ1) is 15.6. The lowest BCUT2D eigenvalue weighted by atomic mass is 9.96. The third kappa shape index (κ3) is 4.81. The Morgan fingerprint density at radius 2 is 1.84 bits per heavy atom. The van der Waals surface area contributed by atoms with Gasteiger partial charge in [0.1, 0.15) is 5.82 Å². The first kappa shape index (κ1) is 21.0. The maximum Gasteiger partial charge on any atom is 0.231 e. The van der Waals surface area contributed by atoms with Crippen molar-refractivity contribution in [3.63, 3.8) is 0 Å². The Labute approximate surface area is 195 Å². The van der Waals surface area contributed by atoms with E-state index in [4.69, 9.17) is 26.1 Å². The molecule has 0 saturated carbocycles. The Hall–Kier alpha value is -2.84. The summed E-state index contributed by atoms with van der Waals surface area (Å²) in [6, 6.07) is 13.5. The van der Waals surface area contributed by atoms with Crippen LogP contribution in [-0.4, -0.2) is 35.1 Å². The molecule has 2 aliphatic rings. The van der Waals surface area contributed by atoms with Gasteiger partial charge in [-0.1, -0.05) is 29.8 Å². The van der Waals surface area contributed by atoms with Crippen molar-refractivity contribution in [1.82, 2.24) is 14.7 Å². The number of aromatic nitrogens is 2. The number of nitrogens with one attached hydrogen (secondary N) is 1. The molecular formula is C23H23ClN4O3S. The fourth-order valence-electron chi connectivity index (χ4n) is 3.95. The molecule has 7 nitrogen and oxygen atoms in total. The van der Waals surface area contributed by atoms with E-state index in [1.165, 1.54) is 11.5 Å². The minimum atomic E-state index is 0.0155. The highest BCUT2D eigenvalue weighted by Crippen LogP contribution is 2.32. The summed E-state index contributed by atoms with van der Waals surface area (Å²) in [7, 11) is 0. The summed E-state index contributed by atoms with van der Waals surface area (Å²) < 4.78 is 15.2. The summed E-state index contributed by atoms with van der Waals surface area (Å²) in [5, 5.41) is 4.71. The van der Waals surface area contributed by atoms with Crippen LogP contribution in [0.1, 0.15) is 29.8 Å². The molecule has 2 aromatic carbocycles. The molecule has 1 fully saturated rings. The monoisotopic (exact) mass is 470 g/mol. The predicted molar refractivity (Wildman–Crippen MR) is 124 cm³/mol. The molecule has 0 aliphatic carbocycles. The number of piperidine rings is 1. The molecule has 0 atom stereocenters. The van der Waals surface area contributed by atoms with E-state index < -0.39 is 0 Å². The summed E-state index contributed by atoms with van der Waals surface area (Å²) in [6.45, 7) is 2.34. The number of hydrogen-bond acceptors (Lipinski definition) is 7. The number of nitrogens with zero attached hydrogens (tertiary/aromatic N) is 3. The molecule has 166 valence electrons. The van der Waals surface area contributed by atoms with E-state index in [0.29, 0.717) is 13.0 Å². The van der Waals surface area contributed by atoms with Gasteiger partial charge < -0.3 is 19.7 Å². The molecule has 2 aliphatic heterocycles. The summed E-state index contributed by atoms with van der Waals surface area (Å²) in [5.41, 5.74) is 2.14. The maximum atomic E-state index is 12.7. The van der Waals surface area contributed by atoms with Crippen LogP contribution in [0.4, 0.5) is 5.13 Å². The van der Waals surface area contributed by atoms with E-state index in [-0.39, 0.29) is 18.6 Å². The van der Waals surface area contributed by atoms with Crippen LogP contribution in [0.5, 0.6) is 11.5 Å². The normalized spacial score (nSPS) is 15.7. The average molecular weight is 471 g/mol. The van der Waals surface area contributed by atoms with Crippen LogP contribution in [0.3, 0.4) is 0 Å². The summed E-state index contributed by atoms with van der Waals surface area (Å²) in [4.78, 5) is 19.6. The van der Waals surface area contributed by atoms with Crippen LogP contribution in [-0.2, 0) is 17.8 Å². The summed E-state index contributed by atoms with van der Waals surface area (Å²) in [5.74, 6) is 2.42.